The van der Waals surface area contributed by atoms with E-state index in [-0.39, 0.29) is 11.9 Å². The number of amides is 1. The number of primary amides is 1. The number of nitrogens with zero attached hydrogens (tertiary/aromatic N) is 1. The van der Waals surface area contributed by atoms with Gasteiger partial charge >= 0.3 is 0 Å². The molecule has 0 spiro atoms. The van der Waals surface area contributed by atoms with Gasteiger partial charge in [0.25, 0.3) is 0 Å². The Labute approximate surface area is 93.2 Å². The third kappa shape index (κ3) is 6.47. The molecule has 90 valence electrons. The van der Waals surface area contributed by atoms with Gasteiger partial charge in [-0.1, -0.05) is 20.3 Å². The Morgan fingerprint density at radius 1 is 1.40 bits per heavy atom. The van der Waals surface area contributed by atoms with Gasteiger partial charge in [0.15, 0.2) is 0 Å². The van der Waals surface area contributed by atoms with Gasteiger partial charge in [0.2, 0.25) is 5.91 Å². The molecule has 3 N–H and O–H groups in total. The maximum Gasteiger partial charge on any atom is 0.234 e. The second kappa shape index (κ2) is 8.68. The molecule has 1 amide bonds. The van der Waals surface area contributed by atoms with Gasteiger partial charge in [-0.05, 0) is 33.0 Å². The van der Waals surface area contributed by atoms with Crippen molar-refractivity contribution < 1.29 is 4.79 Å². The highest BCUT2D eigenvalue weighted by molar-refractivity contribution is 5.79. The van der Waals surface area contributed by atoms with Crippen molar-refractivity contribution in [3.05, 3.63) is 0 Å². The minimum absolute atomic E-state index is 0.194. The first-order valence-electron chi connectivity index (χ1n) is 5.84. The molecule has 15 heavy (non-hydrogen) atoms. The number of unbranched alkanes of at least 4 members (excludes halogenated alkanes) is 1. The van der Waals surface area contributed by atoms with Crippen LogP contribution < -0.4 is 11.1 Å². The van der Waals surface area contributed by atoms with Crippen LogP contribution in [0, 0.1) is 0 Å². The van der Waals surface area contributed by atoms with Crippen molar-refractivity contribution in [2.24, 2.45) is 5.73 Å². The average molecular weight is 215 g/mol. The van der Waals surface area contributed by atoms with E-state index < -0.39 is 0 Å². The molecule has 0 aromatic heterocycles. The number of nitrogens with two attached hydrogens (primary N) is 1. The monoisotopic (exact) mass is 215 g/mol. The van der Waals surface area contributed by atoms with E-state index in [0.717, 1.165) is 26.1 Å². The third-order valence-corrected chi connectivity index (χ3v) is 2.70. The van der Waals surface area contributed by atoms with E-state index in [1.807, 2.05) is 0 Å². The second-order valence-electron chi connectivity index (χ2n) is 3.82. The summed E-state index contributed by atoms with van der Waals surface area (Å²) in [6.45, 7) is 7.42. The molecule has 0 rings (SSSR count). The molecular formula is C11H25N3O. The molecule has 0 aromatic rings. The zero-order valence-electron chi connectivity index (χ0n) is 10.3. The highest BCUT2D eigenvalue weighted by atomic mass is 16.1. The SMILES string of the molecule is CCCCN(CC)CCC(NC)C(N)=O. The van der Waals surface area contributed by atoms with Gasteiger partial charge in [0, 0.05) is 6.54 Å². The molecule has 0 heterocycles. The van der Waals surface area contributed by atoms with Crippen LogP contribution in [-0.4, -0.2) is 43.5 Å². The molecule has 0 aliphatic carbocycles. The number of rotatable bonds is 9. The summed E-state index contributed by atoms with van der Waals surface area (Å²) in [7, 11) is 1.78. The molecule has 0 saturated carbocycles. The maximum atomic E-state index is 11.0. The Morgan fingerprint density at radius 2 is 2.07 bits per heavy atom. The largest absolute Gasteiger partial charge is 0.368 e. The topological polar surface area (TPSA) is 58.4 Å². The van der Waals surface area contributed by atoms with Crippen LogP contribution in [0.15, 0.2) is 0 Å². The van der Waals surface area contributed by atoms with Gasteiger partial charge in [-0.3, -0.25) is 4.79 Å². The molecule has 0 aliphatic heterocycles. The lowest BCUT2D eigenvalue weighted by Crippen LogP contribution is -2.42. The van der Waals surface area contributed by atoms with E-state index in [9.17, 15) is 4.79 Å². The first-order chi connectivity index (χ1) is 7.15. The van der Waals surface area contributed by atoms with Gasteiger partial charge in [-0.15, -0.1) is 0 Å². The van der Waals surface area contributed by atoms with E-state index in [1.54, 1.807) is 7.05 Å². The van der Waals surface area contributed by atoms with Crippen molar-refractivity contribution in [3.63, 3.8) is 0 Å². The van der Waals surface area contributed by atoms with Gasteiger partial charge in [-0.2, -0.15) is 0 Å². The first kappa shape index (κ1) is 14.4. The molecule has 0 aromatic carbocycles. The van der Waals surface area contributed by atoms with E-state index in [4.69, 9.17) is 5.73 Å². The van der Waals surface area contributed by atoms with Crippen molar-refractivity contribution in [1.82, 2.24) is 10.2 Å². The number of hydrogen-bond acceptors (Lipinski definition) is 3. The van der Waals surface area contributed by atoms with Crippen LogP contribution >= 0.6 is 0 Å². The summed E-state index contributed by atoms with van der Waals surface area (Å²) in [5.41, 5.74) is 5.26. The van der Waals surface area contributed by atoms with Gasteiger partial charge in [0.1, 0.15) is 0 Å². The van der Waals surface area contributed by atoms with Gasteiger partial charge < -0.3 is 16.0 Å². The number of carbonyl (C=O) groups excluding carboxylic acids is 1. The lowest BCUT2D eigenvalue weighted by molar-refractivity contribution is -0.120. The van der Waals surface area contributed by atoms with Crippen LogP contribution in [0.3, 0.4) is 0 Å². The predicted octanol–water partition coefficient (Wildman–Crippen LogP) is 0.572. The lowest BCUT2D eigenvalue weighted by Gasteiger charge is -2.22. The molecular weight excluding hydrogens is 190 g/mol. The number of carbonyl (C=O) groups is 1. The fraction of sp³-hybridized carbons (Fsp3) is 0.909. The van der Waals surface area contributed by atoms with Crippen molar-refractivity contribution in [1.29, 1.82) is 0 Å². The summed E-state index contributed by atoms with van der Waals surface area (Å²) < 4.78 is 0. The highest BCUT2D eigenvalue weighted by Crippen LogP contribution is 1.99. The Bertz CT molecular complexity index is 173. The molecule has 1 atom stereocenters. The summed E-state index contributed by atoms with van der Waals surface area (Å²) in [5.74, 6) is -0.260. The number of nitrogens with one attached hydrogen (secondary N) is 1. The standard InChI is InChI=1S/C11H25N3O/c1-4-6-8-14(5-2)9-7-10(13-3)11(12)15/h10,13H,4-9H2,1-3H3,(H2,12,15). The Hall–Kier alpha value is -0.610. The number of likely N-dealkylation sites (N-methyl/N-ethyl adjacent to an activating group) is 1. The zero-order valence-corrected chi connectivity index (χ0v) is 10.3. The molecule has 4 nitrogen and oxygen atoms in total. The van der Waals surface area contributed by atoms with Crippen LogP contribution in [0.1, 0.15) is 33.1 Å². The molecule has 0 aliphatic rings. The number of hydrogen-bond donors (Lipinski definition) is 2. The van der Waals surface area contributed by atoms with Crippen LogP contribution in [0.2, 0.25) is 0 Å². The Morgan fingerprint density at radius 3 is 2.47 bits per heavy atom. The van der Waals surface area contributed by atoms with Crippen LogP contribution in [0.4, 0.5) is 0 Å². The first-order valence-corrected chi connectivity index (χ1v) is 5.84. The summed E-state index contributed by atoms with van der Waals surface area (Å²) >= 11 is 0. The van der Waals surface area contributed by atoms with E-state index >= 15 is 0 Å². The minimum Gasteiger partial charge on any atom is -0.368 e. The normalized spacial score (nSPS) is 13.1. The van der Waals surface area contributed by atoms with Crippen LogP contribution in [-0.2, 0) is 4.79 Å². The van der Waals surface area contributed by atoms with Crippen molar-refractivity contribution in [2.75, 3.05) is 26.7 Å². The Balaban J connectivity index is 3.81. The summed E-state index contributed by atoms with van der Waals surface area (Å²) in [6, 6.07) is -0.194. The summed E-state index contributed by atoms with van der Waals surface area (Å²) in [6.07, 6.45) is 3.22. The highest BCUT2D eigenvalue weighted by Gasteiger charge is 2.13. The van der Waals surface area contributed by atoms with E-state index in [2.05, 4.69) is 24.1 Å². The zero-order chi connectivity index (χ0) is 11.7. The second-order valence-corrected chi connectivity index (χ2v) is 3.82. The predicted molar refractivity (Wildman–Crippen MR) is 63.7 cm³/mol. The summed E-state index contributed by atoms with van der Waals surface area (Å²) in [5, 5.41) is 2.94. The molecule has 0 fully saturated rings. The summed E-state index contributed by atoms with van der Waals surface area (Å²) in [4.78, 5) is 13.3. The molecule has 1 unspecified atom stereocenters. The maximum absolute atomic E-state index is 11.0. The van der Waals surface area contributed by atoms with E-state index in [1.165, 1.54) is 12.8 Å². The molecule has 4 heteroatoms. The Kier molecular flexibility index (Phi) is 8.33. The van der Waals surface area contributed by atoms with Crippen molar-refractivity contribution in [2.45, 2.75) is 39.2 Å². The average Bonchev–Trinajstić information content (AvgIpc) is 2.23. The van der Waals surface area contributed by atoms with E-state index in [0.29, 0.717) is 0 Å². The lowest BCUT2D eigenvalue weighted by atomic mass is 10.2. The van der Waals surface area contributed by atoms with Gasteiger partial charge in [0.05, 0.1) is 6.04 Å². The van der Waals surface area contributed by atoms with Crippen molar-refractivity contribution >= 4 is 5.91 Å². The van der Waals surface area contributed by atoms with Crippen LogP contribution in [0.5, 0.6) is 0 Å². The molecule has 0 saturated heterocycles. The van der Waals surface area contributed by atoms with Gasteiger partial charge in [-0.25, -0.2) is 0 Å². The fourth-order valence-corrected chi connectivity index (χ4v) is 1.55. The minimum atomic E-state index is -0.260. The smallest absolute Gasteiger partial charge is 0.234 e. The van der Waals surface area contributed by atoms with Crippen LogP contribution in [0.25, 0.3) is 0 Å². The fourth-order valence-electron chi connectivity index (χ4n) is 1.55. The molecule has 0 radical (unpaired) electrons. The molecule has 0 bridgehead atoms. The quantitative estimate of drug-likeness (QED) is 0.591. The van der Waals surface area contributed by atoms with Crippen molar-refractivity contribution in [3.8, 4) is 0 Å². The third-order valence-electron chi connectivity index (χ3n) is 2.70.